The number of rotatable bonds is 6. The Morgan fingerprint density at radius 1 is 1.04 bits per heavy atom. The number of imide groups is 1. The summed E-state index contributed by atoms with van der Waals surface area (Å²) in [7, 11) is 0. The van der Waals surface area contributed by atoms with Crippen molar-refractivity contribution in [3.8, 4) is 0 Å². The largest absolute Gasteiger partial charge is 0.468 e. The van der Waals surface area contributed by atoms with Crippen molar-refractivity contribution in [3.05, 3.63) is 94.5 Å². The third-order valence-corrected chi connectivity index (χ3v) is 5.56. The zero-order valence-electron chi connectivity index (χ0n) is 15.3. The maximum absolute atomic E-state index is 13.2. The van der Waals surface area contributed by atoms with Gasteiger partial charge in [-0.05, 0) is 36.2 Å². The third-order valence-electron chi connectivity index (χ3n) is 4.47. The molecule has 6 heteroatoms. The van der Waals surface area contributed by atoms with Crippen molar-refractivity contribution in [2.75, 3.05) is 0 Å². The van der Waals surface area contributed by atoms with Crippen LogP contribution in [0.5, 0.6) is 0 Å². The molecule has 5 nitrogen and oxygen atoms in total. The molecule has 3 aromatic rings. The van der Waals surface area contributed by atoms with Crippen LogP contribution in [0.2, 0.25) is 0 Å². The number of pyridine rings is 1. The molecule has 1 aliphatic heterocycles. The van der Waals surface area contributed by atoms with Crippen molar-refractivity contribution < 1.29 is 14.0 Å². The minimum atomic E-state index is -0.278. The number of benzene rings is 1. The number of carbonyl (C=O) groups is 2. The van der Waals surface area contributed by atoms with Gasteiger partial charge in [-0.25, -0.2) is 0 Å². The predicted octanol–water partition coefficient (Wildman–Crippen LogP) is 4.20. The fourth-order valence-electron chi connectivity index (χ4n) is 3.02. The minimum Gasteiger partial charge on any atom is -0.468 e. The first-order chi connectivity index (χ1) is 13.6. The normalized spacial score (nSPS) is 14.2. The molecule has 4 rings (SSSR count). The van der Waals surface area contributed by atoms with Crippen LogP contribution in [-0.4, -0.2) is 21.7 Å². The zero-order chi connectivity index (χ0) is 19.5. The highest BCUT2D eigenvalue weighted by molar-refractivity contribution is 8.03. The zero-order valence-corrected chi connectivity index (χ0v) is 16.1. The molecule has 0 saturated carbocycles. The second kappa shape index (κ2) is 7.86. The molecule has 2 aromatic heterocycles. The molecule has 2 amide bonds. The second-order valence-corrected chi connectivity index (χ2v) is 7.48. The maximum atomic E-state index is 13.2. The van der Waals surface area contributed by atoms with E-state index in [1.807, 2.05) is 49.4 Å². The molecule has 1 aromatic carbocycles. The molecule has 0 aliphatic carbocycles. The van der Waals surface area contributed by atoms with Gasteiger partial charge in [0.05, 0.1) is 29.0 Å². The van der Waals surface area contributed by atoms with Gasteiger partial charge < -0.3 is 4.42 Å². The first kappa shape index (κ1) is 18.3. The van der Waals surface area contributed by atoms with E-state index in [-0.39, 0.29) is 18.4 Å². The molecule has 0 radical (unpaired) electrons. The van der Waals surface area contributed by atoms with E-state index in [0.29, 0.717) is 16.2 Å². The summed E-state index contributed by atoms with van der Waals surface area (Å²) in [5.74, 6) is 0.685. The lowest BCUT2D eigenvalue weighted by molar-refractivity contribution is -0.137. The molecule has 0 unspecified atom stereocenters. The van der Waals surface area contributed by atoms with Gasteiger partial charge in [0, 0.05) is 12.4 Å². The highest BCUT2D eigenvalue weighted by atomic mass is 32.2. The van der Waals surface area contributed by atoms with Gasteiger partial charge in [0.1, 0.15) is 5.76 Å². The number of furan rings is 1. The summed E-state index contributed by atoms with van der Waals surface area (Å²) in [6, 6.07) is 15.0. The molecule has 1 aliphatic rings. The lowest BCUT2D eigenvalue weighted by Crippen LogP contribution is -2.31. The Labute approximate surface area is 167 Å². The summed E-state index contributed by atoms with van der Waals surface area (Å²) >= 11 is 1.33. The van der Waals surface area contributed by atoms with Crippen LogP contribution in [0.15, 0.2) is 76.5 Å². The van der Waals surface area contributed by atoms with Crippen molar-refractivity contribution in [1.82, 2.24) is 9.88 Å². The van der Waals surface area contributed by atoms with Crippen molar-refractivity contribution in [3.63, 3.8) is 0 Å². The summed E-state index contributed by atoms with van der Waals surface area (Å²) < 4.78 is 5.37. The van der Waals surface area contributed by atoms with E-state index in [1.165, 1.54) is 16.7 Å². The Morgan fingerprint density at radius 2 is 1.86 bits per heavy atom. The van der Waals surface area contributed by atoms with Gasteiger partial charge >= 0.3 is 0 Å². The van der Waals surface area contributed by atoms with Crippen LogP contribution in [0.1, 0.15) is 22.5 Å². The number of aromatic nitrogens is 1. The Hall–Kier alpha value is -3.12. The fraction of sp³-hybridized carbons (Fsp3) is 0.136. The summed E-state index contributed by atoms with van der Waals surface area (Å²) in [6.07, 6.45) is 4.93. The summed E-state index contributed by atoms with van der Waals surface area (Å²) in [5, 5.41) is 0. The minimum absolute atomic E-state index is 0.200. The van der Waals surface area contributed by atoms with Gasteiger partial charge in [-0.3, -0.25) is 19.5 Å². The van der Waals surface area contributed by atoms with Gasteiger partial charge in [-0.1, -0.05) is 35.9 Å². The highest BCUT2D eigenvalue weighted by Gasteiger charge is 2.39. The number of aryl methyl sites for hydroxylation is 1. The van der Waals surface area contributed by atoms with Gasteiger partial charge in [-0.2, -0.15) is 0 Å². The number of carbonyl (C=O) groups excluding carboxylic acids is 2. The van der Waals surface area contributed by atoms with Crippen molar-refractivity contribution >= 4 is 29.1 Å². The Bertz CT molecular complexity index is 1030. The van der Waals surface area contributed by atoms with Crippen LogP contribution in [0.4, 0.5) is 0 Å². The van der Waals surface area contributed by atoms with E-state index in [2.05, 4.69) is 4.98 Å². The standard InChI is InChI=1S/C22H18N2O3S/c1-15-6-8-17(9-7-15)19-20(28-14-18-5-3-11-27-18)22(26)24(21(19)25)13-16-4-2-10-23-12-16/h2-12H,13-14H2,1H3. The van der Waals surface area contributed by atoms with Gasteiger partial charge in [-0.15, -0.1) is 11.8 Å². The Kier molecular flexibility index (Phi) is 5.12. The van der Waals surface area contributed by atoms with Crippen molar-refractivity contribution in [1.29, 1.82) is 0 Å². The lowest BCUT2D eigenvalue weighted by atomic mass is 10.0. The van der Waals surface area contributed by atoms with E-state index in [0.717, 1.165) is 22.5 Å². The smallest absolute Gasteiger partial charge is 0.268 e. The summed E-state index contributed by atoms with van der Waals surface area (Å²) in [4.78, 5) is 32.1. The van der Waals surface area contributed by atoms with E-state index in [9.17, 15) is 9.59 Å². The first-order valence-corrected chi connectivity index (χ1v) is 9.83. The fourth-order valence-corrected chi connectivity index (χ4v) is 4.05. The van der Waals surface area contributed by atoms with E-state index < -0.39 is 0 Å². The molecule has 3 heterocycles. The SMILES string of the molecule is Cc1ccc(C2=C(SCc3ccco3)C(=O)N(Cc3cccnc3)C2=O)cc1. The topological polar surface area (TPSA) is 63.4 Å². The molecular formula is C22H18N2O3S. The average Bonchev–Trinajstić information content (AvgIpc) is 3.30. The molecule has 0 fully saturated rings. The third kappa shape index (κ3) is 3.64. The molecule has 0 saturated heterocycles. The summed E-state index contributed by atoms with van der Waals surface area (Å²) in [5.41, 5.74) is 3.10. The molecule has 0 spiro atoms. The number of hydrogen-bond acceptors (Lipinski definition) is 5. The highest BCUT2D eigenvalue weighted by Crippen LogP contribution is 2.38. The average molecular weight is 390 g/mol. The second-order valence-electron chi connectivity index (χ2n) is 6.50. The Morgan fingerprint density at radius 3 is 2.54 bits per heavy atom. The van der Waals surface area contributed by atoms with Gasteiger partial charge in [0.2, 0.25) is 0 Å². The van der Waals surface area contributed by atoms with Crippen molar-refractivity contribution in [2.24, 2.45) is 0 Å². The predicted molar refractivity (Wildman–Crippen MR) is 108 cm³/mol. The van der Waals surface area contributed by atoms with Crippen molar-refractivity contribution in [2.45, 2.75) is 19.2 Å². The number of thioether (sulfide) groups is 1. The molecule has 140 valence electrons. The first-order valence-electron chi connectivity index (χ1n) is 8.85. The van der Waals surface area contributed by atoms with Crippen LogP contribution in [0, 0.1) is 6.92 Å². The molecule has 0 atom stereocenters. The van der Waals surface area contributed by atoms with Gasteiger partial charge in [0.25, 0.3) is 11.8 Å². The van der Waals surface area contributed by atoms with Crippen LogP contribution >= 0.6 is 11.8 Å². The Balaban J connectivity index is 1.67. The molecular weight excluding hydrogens is 372 g/mol. The van der Waals surface area contributed by atoms with Crippen LogP contribution in [-0.2, 0) is 21.9 Å². The van der Waals surface area contributed by atoms with E-state index in [4.69, 9.17) is 4.42 Å². The lowest BCUT2D eigenvalue weighted by Gasteiger charge is -2.15. The molecule has 28 heavy (non-hydrogen) atoms. The quantitative estimate of drug-likeness (QED) is 0.591. The van der Waals surface area contributed by atoms with Crippen LogP contribution in [0.25, 0.3) is 5.57 Å². The molecule has 0 bridgehead atoms. The van der Waals surface area contributed by atoms with Crippen LogP contribution in [0.3, 0.4) is 0 Å². The maximum Gasteiger partial charge on any atom is 0.268 e. The number of amides is 2. The monoisotopic (exact) mass is 390 g/mol. The van der Waals surface area contributed by atoms with Gasteiger partial charge in [0.15, 0.2) is 0 Å². The van der Waals surface area contributed by atoms with E-state index >= 15 is 0 Å². The van der Waals surface area contributed by atoms with Crippen LogP contribution < -0.4 is 0 Å². The van der Waals surface area contributed by atoms with E-state index in [1.54, 1.807) is 24.7 Å². The summed E-state index contributed by atoms with van der Waals surface area (Å²) in [6.45, 7) is 2.19. The number of hydrogen-bond donors (Lipinski definition) is 0. The number of nitrogens with zero attached hydrogens (tertiary/aromatic N) is 2. The molecule has 0 N–H and O–H groups in total.